The van der Waals surface area contributed by atoms with Gasteiger partial charge in [-0.2, -0.15) is 5.10 Å². The van der Waals surface area contributed by atoms with Crippen LogP contribution in [0.25, 0.3) is 16.2 Å². The molecule has 1 aromatic carbocycles. The van der Waals surface area contributed by atoms with Gasteiger partial charge in [0.1, 0.15) is 10.8 Å². The Balaban J connectivity index is 1.81. The van der Waals surface area contributed by atoms with E-state index in [1.807, 2.05) is 24.3 Å². The van der Waals surface area contributed by atoms with Gasteiger partial charge in [0, 0.05) is 11.5 Å². The van der Waals surface area contributed by atoms with E-state index in [1.165, 1.54) is 19.3 Å². The maximum atomic E-state index is 9.78. The van der Waals surface area contributed by atoms with E-state index in [2.05, 4.69) is 5.10 Å². The zero-order valence-electron chi connectivity index (χ0n) is 12.3. The molecular formula is C16H17N3O2S. The van der Waals surface area contributed by atoms with Crippen molar-refractivity contribution < 1.29 is 9.84 Å². The molecule has 2 heterocycles. The molecule has 1 saturated carbocycles. The predicted molar refractivity (Wildman–Crippen MR) is 85.4 cm³/mol. The Labute approximate surface area is 132 Å². The minimum absolute atomic E-state index is 0.0818. The molecule has 1 N–H and O–H groups in total. The van der Waals surface area contributed by atoms with E-state index < -0.39 is 0 Å². The van der Waals surface area contributed by atoms with Crippen molar-refractivity contribution in [3.8, 4) is 17.0 Å². The quantitative estimate of drug-likeness (QED) is 0.803. The number of hydrogen-bond donors (Lipinski definition) is 1. The van der Waals surface area contributed by atoms with Crippen molar-refractivity contribution in [1.29, 1.82) is 0 Å². The fourth-order valence-electron chi connectivity index (χ4n) is 2.77. The third kappa shape index (κ3) is 2.10. The highest BCUT2D eigenvalue weighted by Crippen LogP contribution is 2.39. The Kier molecular flexibility index (Phi) is 3.35. The number of ether oxygens (including phenoxy) is 1. The molecule has 0 atom stereocenters. The summed E-state index contributed by atoms with van der Waals surface area (Å²) in [4.78, 5) is 5.54. The first-order chi connectivity index (χ1) is 10.8. The Morgan fingerprint density at radius 2 is 2.27 bits per heavy atom. The summed E-state index contributed by atoms with van der Waals surface area (Å²) in [7, 11) is 1.64. The van der Waals surface area contributed by atoms with Crippen LogP contribution in [-0.4, -0.2) is 26.8 Å². The maximum absolute atomic E-state index is 9.78. The van der Waals surface area contributed by atoms with Crippen LogP contribution in [0.15, 0.2) is 24.3 Å². The summed E-state index contributed by atoms with van der Waals surface area (Å²) in [5.41, 5.74) is 2.46. The minimum atomic E-state index is -0.0818. The standard InChI is InChI=1S/C16H17N3O2S/c1-21-12-7-3-6-11(8-12)14-13(9-20)19-16(17-14)22-15(18-19)10-4-2-5-10/h3,6-8,10,20H,2,4-5,9H2,1H3. The molecule has 3 aromatic rings. The highest BCUT2D eigenvalue weighted by Gasteiger charge is 2.25. The monoisotopic (exact) mass is 315 g/mol. The lowest BCUT2D eigenvalue weighted by Crippen LogP contribution is -2.09. The van der Waals surface area contributed by atoms with E-state index in [9.17, 15) is 5.11 Å². The second-order valence-electron chi connectivity index (χ2n) is 5.56. The number of rotatable bonds is 4. The summed E-state index contributed by atoms with van der Waals surface area (Å²) >= 11 is 1.63. The fourth-order valence-corrected chi connectivity index (χ4v) is 3.85. The van der Waals surface area contributed by atoms with Gasteiger partial charge < -0.3 is 9.84 Å². The largest absolute Gasteiger partial charge is 0.497 e. The van der Waals surface area contributed by atoms with Crippen LogP contribution in [0, 0.1) is 0 Å². The summed E-state index contributed by atoms with van der Waals surface area (Å²) in [6.07, 6.45) is 3.72. The minimum Gasteiger partial charge on any atom is -0.497 e. The molecule has 0 amide bonds. The van der Waals surface area contributed by atoms with E-state index in [4.69, 9.17) is 9.72 Å². The molecule has 1 aliphatic carbocycles. The summed E-state index contributed by atoms with van der Waals surface area (Å²) in [5.74, 6) is 1.36. The van der Waals surface area contributed by atoms with Crippen LogP contribution < -0.4 is 4.74 Å². The summed E-state index contributed by atoms with van der Waals surface area (Å²) < 4.78 is 7.07. The van der Waals surface area contributed by atoms with Gasteiger partial charge in [-0.15, -0.1) is 0 Å². The lowest BCUT2D eigenvalue weighted by molar-refractivity contribution is 0.274. The molecule has 1 aliphatic rings. The molecule has 0 radical (unpaired) electrons. The van der Waals surface area contributed by atoms with Crippen molar-refractivity contribution in [2.75, 3.05) is 7.11 Å². The molecule has 4 rings (SSSR count). The Hall–Kier alpha value is -1.92. The van der Waals surface area contributed by atoms with Crippen LogP contribution >= 0.6 is 11.3 Å². The molecule has 0 aliphatic heterocycles. The first-order valence-corrected chi connectivity index (χ1v) is 8.25. The van der Waals surface area contributed by atoms with Crippen molar-refractivity contribution in [3.05, 3.63) is 35.0 Å². The lowest BCUT2D eigenvalue weighted by atomic mass is 9.86. The molecule has 6 heteroatoms. The number of aliphatic hydroxyl groups is 1. The van der Waals surface area contributed by atoms with E-state index >= 15 is 0 Å². The van der Waals surface area contributed by atoms with E-state index in [0.717, 1.165) is 32.7 Å². The first-order valence-electron chi connectivity index (χ1n) is 7.43. The van der Waals surface area contributed by atoms with Crippen molar-refractivity contribution in [1.82, 2.24) is 14.6 Å². The average Bonchev–Trinajstić information content (AvgIpc) is 3.02. The third-order valence-corrected chi connectivity index (χ3v) is 5.33. The van der Waals surface area contributed by atoms with Gasteiger partial charge >= 0.3 is 0 Å². The molecule has 1 fully saturated rings. The number of nitrogens with zero attached hydrogens (tertiary/aromatic N) is 3. The van der Waals surface area contributed by atoms with Gasteiger partial charge in [-0.1, -0.05) is 29.9 Å². The second kappa shape index (κ2) is 5.37. The van der Waals surface area contributed by atoms with Crippen LogP contribution in [0.5, 0.6) is 5.75 Å². The Bertz CT molecular complexity index is 820. The Morgan fingerprint density at radius 1 is 1.41 bits per heavy atom. The molecule has 0 spiro atoms. The number of aliphatic hydroxyl groups excluding tert-OH is 1. The van der Waals surface area contributed by atoms with Crippen molar-refractivity contribution in [3.63, 3.8) is 0 Å². The van der Waals surface area contributed by atoms with Crippen LogP contribution in [-0.2, 0) is 6.61 Å². The molecule has 22 heavy (non-hydrogen) atoms. The SMILES string of the molecule is COc1cccc(-c2nc3sc(C4CCC4)nn3c2CO)c1. The number of benzene rings is 1. The van der Waals surface area contributed by atoms with Gasteiger partial charge in [0.05, 0.1) is 25.1 Å². The molecule has 0 unspecified atom stereocenters. The normalized spacial score (nSPS) is 15.2. The molecule has 114 valence electrons. The zero-order valence-corrected chi connectivity index (χ0v) is 13.1. The number of aromatic nitrogens is 3. The zero-order chi connectivity index (χ0) is 15.1. The molecule has 0 saturated heterocycles. The number of hydrogen-bond acceptors (Lipinski definition) is 5. The van der Waals surface area contributed by atoms with Crippen LogP contribution in [0.4, 0.5) is 0 Å². The molecule has 5 nitrogen and oxygen atoms in total. The molecule has 0 bridgehead atoms. The van der Waals surface area contributed by atoms with Crippen LogP contribution in [0.1, 0.15) is 35.9 Å². The van der Waals surface area contributed by atoms with Gasteiger partial charge in [-0.25, -0.2) is 9.50 Å². The average molecular weight is 315 g/mol. The number of fused-ring (bicyclic) bond motifs is 1. The fraction of sp³-hybridized carbons (Fsp3) is 0.375. The molecular weight excluding hydrogens is 298 g/mol. The number of methoxy groups -OCH3 is 1. The predicted octanol–water partition coefficient (Wildman–Crippen LogP) is 3.23. The molecule has 2 aromatic heterocycles. The lowest BCUT2D eigenvalue weighted by Gasteiger charge is -2.21. The van der Waals surface area contributed by atoms with Crippen molar-refractivity contribution >= 4 is 16.3 Å². The highest BCUT2D eigenvalue weighted by molar-refractivity contribution is 7.16. The highest BCUT2D eigenvalue weighted by atomic mass is 32.1. The summed E-state index contributed by atoms with van der Waals surface area (Å²) in [5, 5.41) is 15.6. The third-order valence-electron chi connectivity index (χ3n) is 4.26. The van der Waals surface area contributed by atoms with Gasteiger partial charge in [0.25, 0.3) is 0 Å². The smallest absolute Gasteiger partial charge is 0.213 e. The van der Waals surface area contributed by atoms with Gasteiger partial charge in [0.2, 0.25) is 4.96 Å². The van der Waals surface area contributed by atoms with Gasteiger partial charge in [-0.05, 0) is 25.0 Å². The van der Waals surface area contributed by atoms with E-state index in [0.29, 0.717) is 5.92 Å². The van der Waals surface area contributed by atoms with Crippen LogP contribution in [0.2, 0.25) is 0 Å². The van der Waals surface area contributed by atoms with Gasteiger partial charge in [-0.3, -0.25) is 0 Å². The second-order valence-corrected chi connectivity index (χ2v) is 6.55. The van der Waals surface area contributed by atoms with E-state index in [-0.39, 0.29) is 6.61 Å². The Morgan fingerprint density at radius 3 is 2.95 bits per heavy atom. The van der Waals surface area contributed by atoms with Gasteiger partial charge in [0.15, 0.2) is 0 Å². The van der Waals surface area contributed by atoms with Crippen molar-refractivity contribution in [2.45, 2.75) is 31.8 Å². The topological polar surface area (TPSA) is 59.7 Å². The van der Waals surface area contributed by atoms with Crippen LogP contribution in [0.3, 0.4) is 0 Å². The van der Waals surface area contributed by atoms with Crippen molar-refractivity contribution in [2.24, 2.45) is 0 Å². The summed E-state index contributed by atoms with van der Waals surface area (Å²) in [6, 6.07) is 7.73. The summed E-state index contributed by atoms with van der Waals surface area (Å²) in [6.45, 7) is -0.0818. The maximum Gasteiger partial charge on any atom is 0.213 e. The van der Waals surface area contributed by atoms with E-state index in [1.54, 1.807) is 23.0 Å². The first kappa shape index (κ1) is 13.7. The number of imidazole rings is 1.